The number of nitrogens with zero attached hydrogens (tertiary/aromatic N) is 2. The van der Waals surface area contributed by atoms with Crippen molar-refractivity contribution < 1.29 is 14.3 Å². The SMILES string of the molecule is Cn1ccsc1=NC(=O)COc1ccccc1C=O. The van der Waals surface area contributed by atoms with E-state index in [4.69, 9.17) is 4.74 Å². The number of amides is 1. The molecule has 1 aromatic carbocycles. The minimum absolute atomic E-state index is 0.192. The number of rotatable bonds is 4. The molecule has 0 spiro atoms. The van der Waals surface area contributed by atoms with E-state index in [2.05, 4.69) is 4.99 Å². The maximum atomic E-state index is 11.6. The summed E-state index contributed by atoms with van der Waals surface area (Å²) in [6.45, 7) is -0.192. The number of hydrogen-bond acceptors (Lipinski definition) is 4. The van der Waals surface area contributed by atoms with Crippen LogP contribution in [0.15, 0.2) is 40.8 Å². The van der Waals surface area contributed by atoms with E-state index >= 15 is 0 Å². The molecule has 2 rings (SSSR count). The molecule has 0 aliphatic carbocycles. The second-order valence-corrected chi connectivity index (χ2v) is 4.62. The summed E-state index contributed by atoms with van der Waals surface area (Å²) in [4.78, 5) is 27.0. The van der Waals surface area contributed by atoms with Crippen LogP contribution < -0.4 is 9.54 Å². The molecular formula is C13H12N2O3S. The van der Waals surface area contributed by atoms with Gasteiger partial charge in [-0.3, -0.25) is 9.59 Å². The summed E-state index contributed by atoms with van der Waals surface area (Å²) in [6, 6.07) is 6.74. The highest BCUT2D eigenvalue weighted by Crippen LogP contribution is 2.15. The molecule has 1 heterocycles. The zero-order valence-corrected chi connectivity index (χ0v) is 11.1. The van der Waals surface area contributed by atoms with Gasteiger partial charge in [-0.2, -0.15) is 4.99 Å². The summed E-state index contributed by atoms with van der Waals surface area (Å²) in [7, 11) is 1.81. The molecule has 0 aliphatic heterocycles. The Morgan fingerprint density at radius 2 is 2.26 bits per heavy atom. The van der Waals surface area contributed by atoms with Crippen molar-refractivity contribution in [1.82, 2.24) is 4.57 Å². The Kier molecular flexibility index (Phi) is 4.25. The summed E-state index contributed by atoms with van der Waals surface area (Å²) in [6.07, 6.45) is 2.51. The Morgan fingerprint density at radius 3 is 2.95 bits per heavy atom. The van der Waals surface area contributed by atoms with Crippen molar-refractivity contribution in [3.63, 3.8) is 0 Å². The van der Waals surface area contributed by atoms with Gasteiger partial charge in [0.1, 0.15) is 5.75 Å². The summed E-state index contributed by atoms with van der Waals surface area (Å²) in [5.74, 6) is -0.00430. The Balaban J connectivity index is 2.05. The Hall–Kier alpha value is -2.21. The number of hydrogen-bond donors (Lipinski definition) is 0. The number of carbonyl (C=O) groups is 2. The fourth-order valence-electron chi connectivity index (χ4n) is 1.42. The Labute approximate surface area is 113 Å². The smallest absolute Gasteiger partial charge is 0.286 e. The quantitative estimate of drug-likeness (QED) is 0.793. The molecule has 19 heavy (non-hydrogen) atoms. The van der Waals surface area contributed by atoms with Crippen LogP contribution in [0.5, 0.6) is 5.75 Å². The highest BCUT2D eigenvalue weighted by Gasteiger charge is 2.05. The lowest BCUT2D eigenvalue weighted by Crippen LogP contribution is -2.17. The maximum Gasteiger partial charge on any atom is 0.286 e. The summed E-state index contributed by atoms with van der Waals surface area (Å²) < 4.78 is 7.05. The van der Waals surface area contributed by atoms with E-state index in [-0.39, 0.29) is 6.61 Å². The molecule has 0 radical (unpaired) electrons. The number of para-hydroxylation sites is 1. The van der Waals surface area contributed by atoms with Crippen molar-refractivity contribution in [2.75, 3.05) is 6.61 Å². The Bertz CT molecular complexity index is 658. The van der Waals surface area contributed by atoms with Gasteiger partial charge in [-0.1, -0.05) is 12.1 Å². The molecule has 0 aliphatic rings. The van der Waals surface area contributed by atoms with Crippen molar-refractivity contribution in [1.29, 1.82) is 0 Å². The van der Waals surface area contributed by atoms with Crippen molar-refractivity contribution >= 4 is 23.5 Å². The number of aromatic nitrogens is 1. The predicted octanol–water partition coefficient (Wildman–Crippen LogP) is 1.41. The van der Waals surface area contributed by atoms with Gasteiger partial charge in [-0.25, -0.2) is 0 Å². The van der Waals surface area contributed by atoms with Gasteiger partial charge in [-0.05, 0) is 12.1 Å². The highest BCUT2D eigenvalue weighted by molar-refractivity contribution is 7.07. The molecule has 0 saturated heterocycles. The molecular weight excluding hydrogens is 264 g/mol. The summed E-state index contributed by atoms with van der Waals surface area (Å²) >= 11 is 1.37. The van der Waals surface area contributed by atoms with Gasteiger partial charge < -0.3 is 9.30 Å². The maximum absolute atomic E-state index is 11.6. The second kappa shape index (κ2) is 6.10. The van der Waals surface area contributed by atoms with Crippen LogP contribution in [0.1, 0.15) is 10.4 Å². The highest BCUT2D eigenvalue weighted by atomic mass is 32.1. The van der Waals surface area contributed by atoms with Crippen molar-refractivity contribution in [3.05, 3.63) is 46.2 Å². The monoisotopic (exact) mass is 276 g/mol. The average molecular weight is 276 g/mol. The van der Waals surface area contributed by atoms with Crippen molar-refractivity contribution in [2.45, 2.75) is 0 Å². The summed E-state index contributed by atoms with van der Waals surface area (Å²) in [5.41, 5.74) is 0.414. The molecule has 0 atom stereocenters. The van der Waals surface area contributed by atoms with Crippen LogP contribution in [0, 0.1) is 0 Å². The minimum atomic E-state index is -0.390. The number of carbonyl (C=O) groups excluding carboxylic acids is 2. The van der Waals surface area contributed by atoms with E-state index in [9.17, 15) is 9.59 Å². The van der Waals surface area contributed by atoms with Gasteiger partial charge in [0.15, 0.2) is 17.7 Å². The van der Waals surface area contributed by atoms with E-state index in [0.717, 1.165) is 0 Å². The third kappa shape index (κ3) is 3.38. The van der Waals surface area contributed by atoms with Crippen LogP contribution in [-0.2, 0) is 11.8 Å². The third-order valence-electron chi connectivity index (χ3n) is 2.38. The molecule has 0 N–H and O–H groups in total. The molecule has 1 aromatic heterocycles. The van der Waals surface area contributed by atoms with Gasteiger partial charge in [0, 0.05) is 18.6 Å². The molecule has 0 unspecified atom stereocenters. The largest absolute Gasteiger partial charge is 0.483 e. The van der Waals surface area contributed by atoms with E-state index < -0.39 is 5.91 Å². The van der Waals surface area contributed by atoms with Crippen LogP contribution in [0.4, 0.5) is 0 Å². The van der Waals surface area contributed by atoms with Gasteiger partial charge in [0.25, 0.3) is 5.91 Å². The molecule has 2 aromatic rings. The number of thiazole rings is 1. The standard InChI is InChI=1S/C13H12N2O3S/c1-15-6-7-19-13(15)14-12(17)9-18-11-5-3-2-4-10(11)8-16/h2-8H,9H2,1H3. The first-order valence-corrected chi connectivity index (χ1v) is 6.43. The zero-order valence-electron chi connectivity index (χ0n) is 10.3. The molecule has 0 fully saturated rings. The second-order valence-electron chi connectivity index (χ2n) is 3.75. The molecule has 5 nitrogen and oxygen atoms in total. The van der Waals surface area contributed by atoms with Gasteiger partial charge in [-0.15, -0.1) is 11.3 Å². The topological polar surface area (TPSA) is 60.7 Å². The first-order valence-electron chi connectivity index (χ1n) is 5.55. The first kappa shape index (κ1) is 13.2. The lowest BCUT2D eigenvalue weighted by Gasteiger charge is -2.05. The molecule has 6 heteroatoms. The van der Waals surface area contributed by atoms with Crippen LogP contribution >= 0.6 is 11.3 Å². The minimum Gasteiger partial charge on any atom is -0.483 e. The van der Waals surface area contributed by atoms with E-state index in [1.807, 2.05) is 18.6 Å². The van der Waals surface area contributed by atoms with Crippen molar-refractivity contribution in [3.8, 4) is 5.75 Å². The molecule has 1 amide bonds. The number of ether oxygens (including phenoxy) is 1. The Morgan fingerprint density at radius 1 is 1.47 bits per heavy atom. The zero-order chi connectivity index (χ0) is 13.7. The van der Waals surface area contributed by atoms with Gasteiger partial charge >= 0.3 is 0 Å². The lowest BCUT2D eigenvalue weighted by molar-refractivity contribution is -0.120. The first-order chi connectivity index (χ1) is 9.20. The number of aryl methyl sites for hydroxylation is 1. The van der Waals surface area contributed by atoms with E-state index in [0.29, 0.717) is 22.4 Å². The molecule has 0 bridgehead atoms. The molecule has 0 saturated carbocycles. The average Bonchev–Trinajstić information content (AvgIpc) is 2.82. The van der Waals surface area contributed by atoms with E-state index in [1.54, 1.807) is 28.8 Å². The van der Waals surface area contributed by atoms with Crippen LogP contribution in [0.2, 0.25) is 0 Å². The third-order valence-corrected chi connectivity index (χ3v) is 3.22. The number of aldehydes is 1. The predicted molar refractivity (Wildman–Crippen MR) is 71.2 cm³/mol. The van der Waals surface area contributed by atoms with Crippen LogP contribution in [0.25, 0.3) is 0 Å². The normalized spacial score (nSPS) is 11.3. The lowest BCUT2D eigenvalue weighted by atomic mass is 10.2. The van der Waals surface area contributed by atoms with Gasteiger partial charge in [0.05, 0.1) is 5.56 Å². The van der Waals surface area contributed by atoms with Crippen molar-refractivity contribution in [2.24, 2.45) is 12.0 Å². The fourth-order valence-corrected chi connectivity index (χ4v) is 2.17. The van der Waals surface area contributed by atoms with Crippen LogP contribution in [-0.4, -0.2) is 23.4 Å². The number of benzene rings is 1. The van der Waals surface area contributed by atoms with E-state index in [1.165, 1.54) is 11.3 Å². The summed E-state index contributed by atoms with van der Waals surface area (Å²) in [5, 5.41) is 1.84. The fraction of sp³-hybridized carbons (Fsp3) is 0.154. The van der Waals surface area contributed by atoms with Gasteiger partial charge in [0.2, 0.25) is 0 Å². The molecule has 98 valence electrons. The van der Waals surface area contributed by atoms with Crippen LogP contribution in [0.3, 0.4) is 0 Å².